The summed E-state index contributed by atoms with van der Waals surface area (Å²) < 4.78 is 30.4. The first-order chi connectivity index (χ1) is 13.9. The average Bonchev–Trinajstić information content (AvgIpc) is 3.16. The highest BCUT2D eigenvalue weighted by atomic mass is 35.5. The van der Waals surface area contributed by atoms with Gasteiger partial charge in [-0.1, -0.05) is 30.9 Å². The minimum absolute atomic E-state index is 0.131. The number of amides is 1. The van der Waals surface area contributed by atoms with Gasteiger partial charge in [0.25, 0.3) is 5.91 Å². The number of halogens is 1. The molecule has 1 heterocycles. The Labute approximate surface area is 181 Å². The number of carbonyl (C=O) groups excluding carboxylic acids is 1. The van der Waals surface area contributed by atoms with Crippen molar-refractivity contribution >= 4 is 39.1 Å². The lowest BCUT2D eigenvalue weighted by atomic mass is 10.0. The lowest BCUT2D eigenvalue weighted by Gasteiger charge is -2.20. The summed E-state index contributed by atoms with van der Waals surface area (Å²) in [5, 5.41) is 4.08. The largest absolute Gasteiger partial charge is 0.455 e. The van der Waals surface area contributed by atoms with Crippen molar-refractivity contribution in [1.82, 2.24) is 5.32 Å². The highest BCUT2D eigenvalue weighted by molar-refractivity contribution is 7.99. The molecule has 0 bridgehead atoms. The lowest BCUT2D eigenvalue weighted by molar-refractivity contribution is 0.0924. The number of hydrogen-bond donors (Lipinski definition) is 1. The van der Waals surface area contributed by atoms with Crippen molar-refractivity contribution < 1.29 is 17.6 Å². The van der Waals surface area contributed by atoms with Gasteiger partial charge in [-0.15, -0.1) is 0 Å². The first-order valence-corrected chi connectivity index (χ1v) is 13.0. The van der Waals surface area contributed by atoms with Crippen LogP contribution in [0.25, 0.3) is 0 Å². The maximum atomic E-state index is 12.5. The number of rotatable bonds is 9. The molecule has 5 nitrogen and oxygen atoms in total. The van der Waals surface area contributed by atoms with Crippen LogP contribution in [0, 0.1) is 0 Å². The number of carbonyl (C=O) groups is 1. The van der Waals surface area contributed by atoms with Crippen molar-refractivity contribution in [3.63, 3.8) is 0 Å². The van der Waals surface area contributed by atoms with Crippen LogP contribution in [0.15, 0.2) is 45.7 Å². The average molecular weight is 456 g/mol. The van der Waals surface area contributed by atoms with Crippen LogP contribution in [0.4, 0.5) is 0 Å². The van der Waals surface area contributed by atoms with Crippen molar-refractivity contribution in [2.45, 2.75) is 54.4 Å². The van der Waals surface area contributed by atoms with Gasteiger partial charge in [-0.3, -0.25) is 4.79 Å². The molecule has 0 saturated heterocycles. The molecule has 29 heavy (non-hydrogen) atoms. The smallest absolute Gasteiger partial charge is 0.286 e. The van der Waals surface area contributed by atoms with Crippen LogP contribution in [-0.4, -0.2) is 31.9 Å². The SMILES string of the molecule is O=C(NCCCSC1CCCCC1)c1ccc(CS(=O)(=O)c2ccc(Cl)cc2)o1. The van der Waals surface area contributed by atoms with E-state index in [-0.39, 0.29) is 28.1 Å². The van der Waals surface area contributed by atoms with E-state index in [1.807, 2.05) is 11.8 Å². The van der Waals surface area contributed by atoms with Gasteiger partial charge in [0, 0.05) is 16.8 Å². The summed E-state index contributed by atoms with van der Waals surface area (Å²) >= 11 is 7.81. The monoisotopic (exact) mass is 455 g/mol. The van der Waals surface area contributed by atoms with Crippen molar-refractivity contribution in [2.75, 3.05) is 12.3 Å². The molecular formula is C21H26ClNO4S2. The Hall–Kier alpha value is -1.44. The summed E-state index contributed by atoms with van der Waals surface area (Å²) in [6, 6.07) is 9.02. The molecule has 1 saturated carbocycles. The van der Waals surface area contributed by atoms with Gasteiger partial charge < -0.3 is 9.73 Å². The van der Waals surface area contributed by atoms with E-state index in [1.54, 1.807) is 0 Å². The normalized spacial score (nSPS) is 15.3. The van der Waals surface area contributed by atoms with Crippen LogP contribution in [0.3, 0.4) is 0 Å². The number of benzene rings is 1. The number of nitrogens with one attached hydrogen (secondary N) is 1. The van der Waals surface area contributed by atoms with Crippen molar-refractivity contribution in [3.8, 4) is 0 Å². The Morgan fingerprint density at radius 3 is 2.55 bits per heavy atom. The zero-order chi connectivity index (χ0) is 20.7. The van der Waals surface area contributed by atoms with Gasteiger partial charge in [0.2, 0.25) is 0 Å². The summed E-state index contributed by atoms with van der Waals surface area (Å²) in [5.41, 5.74) is 0. The Morgan fingerprint density at radius 2 is 1.83 bits per heavy atom. The third-order valence-corrected chi connectivity index (χ3v) is 8.28. The van der Waals surface area contributed by atoms with E-state index < -0.39 is 9.84 Å². The molecule has 1 N–H and O–H groups in total. The third-order valence-electron chi connectivity index (χ3n) is 4.90. The Kier molecular flexibility index (Phi) is 8.09. The van der Waals surface area contributed by atoms with Crippen LogP contribution < -0.4 is 5.32 Å². The van der Waals surface area contributed by atoms with Crippen molar-refractivity contribution in [3.05, 3.63) is 52.9 Å². The second kappa shape index (κ2) is 10.5. The number of furan rings is 1. The van der Waals surface area contributed by atoms with E-state index >= 15 is 0 Å². The molecule has 0 spiro atoms. The number of sulfone groups is 1. The first-order valence-electron chi connectivity index (χ1n) is 9.91. The van der Waals surface area contributed by atoms with Crippen molar-refractivity contribution in [2.24, 2.45) is 0 Å². The Morgan fingerprint density at radius 1 is 1.10 bits per heavy atom. The van der Waals surface area contributed by atoms with Gasteiger partial charge in [-0.05, 0) is 61.4 Å². The van der Waals surface area contributed by atoms with Crippen LogP contribution in [0.2, 0.25) is 5.02 Å². The minimum Gasteiger partial charge on any atom is -0.455 e. The first kappa shape index (κ1) is 22.2. The summed E-state index contributed by atoms with van der Waals surface area (Å²) in [4.78, 5) is 12.4. The molecule has 1 amide bonds. The topological polar surface area (TPSA) is 76.4 Å². The van der Waals surface area contributed by atoms with E-state index in [1.165, 1.54) is 68.5 Å². The summed E-state index contributed by atoms with van der Waals surface area (Å²) in [6.45, 7) is 0.581. The highest BCUT2D eigenvalue weighted by Crippen LogP contribution is 2.28. The fraction of sp³-hybridized carbons (Fsp3) is 0.476. The zero-order valence-electron chi connectivity index (χ0n) is 16.2. The maximum Gasteiger partial charge on any atom is 0.286 e. The summed E-state index contributed by atoms with van der Waals surface area (Å²) in [7, 11) is -3.56. The molecule has 1 fully saturated rings. The second-order valence-corrected chi connectivity index (χ2v) is 11.1. The number of thioether (sulfide) groups is 1. The van der Waals surface area contributed by atoms with Gasteiger partial charge in [0.1, 0.15) is 11.5 Å². The second-order valence-electron chi connectivity index (χ2n) is 7.22. The molecule has 1 aromatic heterocycles. The van der Waals surface area contributed by atoms with Gasteiger partial charge in [-0.2, -0.15) is 11.8 Å². The van der Waals surface area contributed by atoms with E-state index in [2.05, 4.69) is 5.32 Å². The lowest BCUT2D eigenvalue weighted by Crippen LogP contribution is -2.24. The molecule has 2 aromatic rings. The number of hydrogen-bond acceptors (Lipinski definition) is 5. The van der Waals surface area contributed by atoms with Gasteiger partial charge in [0.15, 0.2) is 15.6 Å². The molecule has 1 aromatic carbocycles. The minimum atomic E-state index is -3.56. The molecule has 158 valence electrons. The van der Waals surface area contributed by atoms with Gasteiger partial charge >= 0.3 is 0 Å². The molecule has 1 aliphatic rings. The maximum absolute atomic E-state index is 12.5. The van der Waals surface area contributed by atoms with E-state index in [0.29, 0.717) is 11.6 Å². The molecule has 1 aliphatic carbocycles. The summed E-state index contributed by atoms with van der Waals surface area (Å²) in [5.74, 6) is 0.778. The molecule has 8 heteroatoms. The Balaban J connectivity index is 1.44. The molecule has 0 aliphatic heterocycles. The quantitative estimate of drug-likeness (QED) is 0.532. The Bertz CT molecular complexity index is 903. The molecule has 0 unspecified atom stereocenters. The highest BCUT2D eigenvalue weighted by Gasteiger charge is 2.19. The van der Waals surface area contributed by atoms with Crippen LogP contribution in [0.1, 0.15) is 54.8 Å². The molecular weight excluding hydrogens is 430 g/mol. The van der Waals surface area contributed by atoms with Crippen molar-refractivity contribution in [1.29, 1.82) is 0 Å². The third kappa shape index (κ3) is 6.79. The van der Waals surface area contributed by atoms with E-state index in [0.717, 1.165) is 17.4 Å². The van der Waals surface area contributed by atoms with Crippen LogP contribution in [0.5, 0.6) is 0 Å². The predicted molar refractivity (Wildman–Crippen MR) is 117 cm³/mol. The standard InChI is InChI=1S/C21H26ClNO4S2/c22-16-7-10-19(11-8-16)29(25,26)15-17-9-12-20(27-17)21(24)23-13-4-14-28-18-5-2-1-3-6-18/h7-12,18H,1-6,13-15H2,(H,23,24). The molecule has 0 atom stereocenters. The van der Waals surface area contributed by atoms with Gasteiger partial charge in [0.05, 0.1) is 4.90 Å². The molecule has 3 rings (SSSR count). The van der Waals surface area contributed by atoms with Crippen LogP contribution >= 0.6 is 23.4 Å². The fourth-order valence-electron chi connectivity index (χ4n) is 3.33. The predicted octanol–water partition coefficient (Wildman–Crippen LogP) is 5.09. The van der Waals surface area contributed by atoms with Crippen LogP contribution in [-0.2, 0) is 15.6 Å². The summed E-state index contributed by atoms with van der Waals surface area (Å²) in [6.07, 6.45) is 7.56. The van der Waals surface area contributed by atoms with Gasteiger partial charge in [-0.25, -0.2) is 8.42 Å². The fourth-order valence-corrected chi connectivity index (χ4v) is 6.02. The van der Waals surface area contributed by atoms with E-state index in [4.69, 9.17) is 16.0 Å². The molecule has 0 radical (unpaired) electrons. The zero-order valence-corrected chi connectivity index (χ0v) is 18.6. The van der Waals surface area contributed by atoms with E-state index in [9.17, 15) is 13.2 Å².